The maximum absolute atomic E-state index is 14.5. The zero-order chi connectivity index (χ0) is 13.7. The summed E-state index contributed by atoms with van der Waals surface area (Å²) in [6, 6.07) is 2.91. The molecule has 0 heterocycles. The fraction of sp³-hybridized carbons (Fsp3) is 0.600. The van der Waals surface area contributed by atoms with Crippen molar-refractivity contribution in [2.45, 2.75) is 52.0 Å². The lowest BCUT2D eigenvalue weighted by Crippen LogP contribution is -2.47. The zero-order valence-electron chi connectivity index (χ0n) is 11.5. The maximum atomic E-state index is 14.5. The number of benzene rings is 1. The summed E-state index contributed by atoms with van der Waals surface area (Å²) in [6.07, 6.45) is 1.97. The van der Waals surface area contributed by atoms with Crippen molar-refractivity contribution < 1.29 is 8.78 Å². The van der Waals surface area contributed by atoms with E-state index in [9.17, 15) is 8.78 Å². The molecule has 2 rings (SSSR count). The molecular weight excluding hydrogens is 232 g/mol. The Hall–Kier alpha value is -0.960. The Balaban J connectivity index is 2.59. The van der Waals surface area contributed by atoms with Gasteiger partial charge in [-0.1, -0.05) is 26.8 Å². The third-order valence-corrected chi connectivity index (χ3v) is 4.22. The molecule has 0 radical (unpaired) electrons. The van der Waals surface area contributed by atoms with Gasteiger partial charge in [0.05, 0.1) is 0 Å². The third-order valence-electron chi connectivity index (χ3n) is 4.22. The second-order valence-electron chi connectivity index (χ2n) is 6.55. The minimum absolute atomic E-state index is 0.0272. The molecule has 0 aliphatic heterocycles. The molecule has 1 atom stereocenters. The first-order valence-electron chi connectivity index (χ1n) is 6.43. The van der Waals surface area contributed by atoms with Crippen LogP contribution >= 0.6 is 0 Å². The highest BCUT2D eigenvalue weighted by atomic mass is 19.1. The first kappa shape index (κ1) is 13.5. The molecule has 0 amide bonds. The molecule has 0 aromatic heterocycles. The predicted octanol–water partition coefficient (Wildman–Crippen LogP) is 4.06. The van der Waals surface area contributed by atoms with Crippen LogP contribution in [-0.4, -0.2) is 0 Å². The normalized spacial score (nSPS) is 19.7. The highest BCUT2D eigenvalue weighted by Gasteiger charge is 2.41. The van der Waals surface area contributed by atoms with Crippen molar-refractivity contribution >= 4 is 0 Å². The lowest BCUT2D eigenvalue weighted by Gasteiger charge is -2.39. The van der Waals surface area contributed by atoms with Gasteiger partial charge >= 0.3 is 0 Å². The Morgan fingerprint density at radius 3 is 2.11 bits per heavy atom. The van der Waals surface area contributed by atoms with Gasteiger partial charge < -0.3 is 5.73 Å². The first-order valence-corrected chi connectivity index (χ1v) is 6.43. The Bertz CT molecular complexity index is 468. The molecule has 1 aliphatic rings. The van der Waals surface area contributed by atoms with Gasteiger partial charge in [-0.15, -0.1) is 0 Å². The van der Waals surface area contributed by atoms with Crippen LogP contribution < -0.4 is 5.73 Å². The van der Waals surface area contributed by atoms with Gasteiger partial charge in [-0.25, -0.2) is 8.78 Å². The SMILES string of the molecule is CC(C)(C)C(C)(N)c1c(F)ccc(C2CC2)c1F. The molecule has 0 saturated heterocycles. The standard InChI is InChI=1S/C15H21F2N/c1-14(2,3)15(4,18)12-11(16)8-7-10(13(12)17)9-5-6-9/h7-9H,5-6,18H2,1-4H3. The molecule has 100 valence electrons. The van der Waals surface area contributed by atoms with E-state index >= 15 is 0 Å². The summed E-state index contributed by atoms with van der Waals surface area (Å²) in [7, 11) is 0. The summed E-state index contributed by atoms with van der Waals surface area (Å²) in [6.45, 7) is 7.40. The van der Waals surface area contributed by atoms with Gasteiger partial charge in [-0.3, -0.25) is 0 Å². The molecule has 1 saturated carbocycles. The summed E-state index contributed by atoms with van der Waals surface area (Å²) >= 11 is 0. The zero-order valence-corrected chi connectivity index (χ0v) is 11.5. The van der Waals surface area contributed by atoms with Gasteiger partial charge in [0.2, 0.25) is 0 Å². The van der Waals surface area contributed by atoms with E-state index in [1.54, 1.807) is 13.0 Å². The van der Waals surface area contributed by atoms with E-state index in [1.807, 2.05) is 20.8 Å². The Morgan fingerprint density at radius 2 is 1.67 bits per heavy atom. The first-order chi connectivity index (χ1) is 8.16. The predicted molar refractivity (Wildman–Crippen MR) is 69.3 cm³/mol. The van der Waals surface area contributed by atoms with Gasteiger partial charge in [0.1, 0.15) is 11.6 Å². The Labute approximate surface area is 107 Å². The van der Waals surface area contributed by atoms with Crippen molar-refractivity contribution in [2.24, 2.45) is 11.1 Å². The summed E-state index contributed by atoms with van der Waals surface area (Å²) in [5.74, 6) is -0.741. The van der Waals surface area contributed by atoms with E-state index in [0.29, 0.717) is 5.56 Å². The van der Waals surface area contributed by atoms with Crippen LogP contribution in [0.3, 0.4) is 0 Å². The van der Waals surface area contributed by atoms with E-state index in [1.165, 1.54) is 6.07 Å². The molecule has 1 unspecified atom stereocenters. The van der Waals surface area contributed by atoms with Crippen LogP contribution in [0.15, 0.2) is 12.1 Å². The molecule has 2 N–H and O–H groups in total. The van der Waals surface area contributed by atoms with Crippen molar-refractivity contribution in [3.8, 4) is 0 Å². The number of nitrogens with two attached hydrogens (primary N) is 1. The quantitative estimate of drug-likeness (QED) is 0.845. The summed E-state index contributed by atoms with van der Waals surface area (Å²) in [5, 5.41) is 0. The van der Waals surface area contributed by atoms with Gasteiger partial charge in [-0.05, 0) is 42.7 Å². The number of halogens is 2. The molecule has 1 fully saturated rings. The molecule has 18 heavy (non-hydrogen) atoms. The average molecular weight is 253 g/mol. The van der Waals surface area contributed by atoms with E-state index in [0.717, 1.165) is 12.8 Å². The molecule has 1 aromatic rings. The number of hydrogen-bond acceptors (Lipinski definition) is 1. The largest absolute Gasteiger partial charge is 0.321 e. The highest BCUT2D eigenvalue weighted by molar-refractivity contribution is 5.37. The topological polar surface area (TPSA) is 26.0 Å². The molecule has 1 aliphatic carbocycles. The van der Waals surface area contributed by atoms with Crippen molar-refractivity contribution in [3.63, 3.8) is 0 Å². The third kappa shape index (κ3) is 2.05. The average Bonchev–Trinajstić information content (AvgIpc) is 2.99. The van der Waals surface area contributed by atoms with Crippen LogP contribution in [0.1, 0.15) is 57.6 Å². The van der Waals surface area contributed by atoms with Gasteiger partial charge in [-0.2, -0.15) is 0 Å². The van der Waals surface area contributed by atoms with Gasteiger partial charge in [0.15, 0.2) is 0 Å². The number of hydrogen-bond donors (Lipinski definition) is 1. The minimum Gasteiger partial charge on any atom is -0.321 e. The summed E-state index contributed by atoms with van der Waals surface area (Å²) in [5.41, 5.74) is 5.42. The molecule has 1 aromatic carbocycles. The van der Waals surface area contributed by atoms with Crippen LogP contribution in [0.25, 0.3) is 0 Å². The summed E-state index contributed by atoms with van der Waals surface area (Å²) < 4.78 is 28.6. The Morgan fingerprint density at radius 1 is 1.11 bits per heavy atom. The fourth-order valence-electron chi connectivity index (χ4n) is 2.13. The molecule has 3 heteroatoms. The molecular formula is C15H21F2N. The second kappa shape index (κ2) is 4.02. The fourth-order valence-corrected chi connectivity index (χ4v) is 2.13. The number of rotatable bonds is 2. The van der Waals surface area contributed by atoms with Crippen molar-refractivity contribution in [1.29, 1.82) is 0 Å². The second-order valence-corrected chi connectivity index (χ2v) is 6.55. The summed E-state index contributed by atoms with van der Waals surface area (Å²) in [4.78, 5) is 0. The van der Waals surface area contributed by atoms with E-state index in [4.69, 9.17) is 5.73 Å². The monoisotopic (exact) mass is 253 g/mol. The molecule has 0 spiro atoms. The van der Waals surface area contributed by atoms with E-state index in [-0.39, 0.29) is 11.5 Å². The van der Waals surface area contributed by atoms with E-state index < -0.39 is 22.6 Å². The van der Waals surface area contributed by atoms with Crippen LogP contribution in [0, 0.1) is 17.0 Å². The lowest BCUT2D eigenvalue weighted by molar-refractivity contribution is 0.197. The molecule has 0 bridgehead atoms. The Kier molecular flexibility index (Phi) is 3.01. The van der Waals surface area contributed by atoms with Crippen molar-refractivity contribution in [2.75, 3.05) is 0 Å². The van der Waals surface area contributed by atoms with E-state index in [2.05, 4.69) is 0 Å². The van der Waals surface area contributed by atoms with Crippen LogP contribution in [-0.2, 0) is 5.54 Å². The van der Waals surface area contributed by atoms with Crippen LogP contribution in [0.2, 0.25) is 0 Å². The van der Waals surface area contributed by atoms with Gasteiger partial charge in [0.25, 0.3) is 0 Å². The lowest BCUT2D eigenvalue weighted by atomic mass is 9.70. The smallest absolute Gasteiger partial charge is 0.134 e. The van der Waals surface area contributed by atoms with Crippen LogP contribution in [0.5, 0.6) is 0 Å². The minimum atomic E-state index is -1.04. The molecule has 1 nitrogen and oxygen atoms in total. The van der Waals surface area contributed by atoms with Crippen molar-refractivity contribution in [3.05, 3.63) is 34.9 Å². The van der Waals surface area contributed by atoms with Crippen molar-refractivity contribution in [1.82, 2.24) is 0 Å². The highest BCUT2D eigenvalue weighted by Crippen LogP contribution is 2.45. The maximum Gasteiger partial charge on any atom is 0.134 e. The van der Waals surface area contributed by atoms with Crippen LogP contribution in [0.4, 0.5) is 8.78 Å². The van der Waals surface area contributed by atoms with Gasteiger partial charge in [0, 0.05) is 11.1 Å².